The molecule has 0 heterocycles. The van der Waals surface area contributed by atoms with E-state index in [0.717, 1.165) is 6.54 Å². The summed E-state index contributed by atoms with van der Waals surface area (Å²) in [5, 5.41) is 3.20. The second-order valence-corrected chi connectivity index (χ2v) is 4.97. The fourth-order valence-corrected chi connectivity index (χ4v) is 1.74. The monoisotopic (exact) mass is 226 g/mol. The van der Waals surface area contributed by atoms with Crippen LogP contribution in [-0.4, -0.2) is 33.8 Å². The SMILES string of the molecule is C=C(Cl)CNS(=O)(=O)CCNCC. The molecule has 0 radical (unpaired) electrons. The second kappa shape index (κ2) is 6.37. The highest BCUT2D eigenvalue weighted by Gasteiger charge is 2.08. The third kappa shape index (κ3) is 8.24. The predicted octanol–water partition coefficient (Wildman–Crippen LogP) is 0.268. The third-order valence-electron chi connectivity index (χ3n) is 1.28. The molecule has 0 aliphatic heterocycles. The predicted molar refractivity (Wildman–Crippen MR) is 55.3 cm³/mol. The van der Waals surface area contributed by atoms with Crippen molar-refractivity contribution in [1.29, 1.82) is 0 Å². The molecule has 0 amide bonds. The Balaban J connectivity index is 3.74. The van der Waals surface area contributed by atoms with Crippen molar-refractivity contribution in [3.8, 4) is 0 Å². The van der Waals surface area contributed by atoms with Crippen molar-refractivity contribution in [3.05, 3.63) is 11.6 Å². The molecule has 0 aliphatic carbocycles. The fourth-order valence-electron chi connectivity index (χ4n) is 0.644. The van der Waals surface area contributed by atoms with Crippen molar-refractivity contribution in [2.75, 3.05) is 25.4 Å². The van der Waals surface area contributed by atoms with Crippen LogP contribution in [0.1, 0.15) is 6.92 Å². The quantitative estimate of drug-likeness (QED) is 0.613. The van der Waals surface area contributed by atoms with Crippen LogP contribution in [0, 0.1) is 0 Å². The second-order valence-electron chi connectivity index (χ2n) is 2.51. The molecule has 0 spiro atoms. The van der Waals surface area contributed by atoms with Crippen molar-refractivity contribution < 1.29 is 8.42 Å². The summed E-state index contributed by atoms with van der Waals surface area (Å²) in [6, 6.07) is 0. The van der Waals surface area contributed by atoms with Crippen LogP contribution in [0.5, 0.6) is 0 Å². The van der Waals surface area contributed by atoms with Gasteiger partial charge in [-0.3, -0.25) is 0 Å². The number of sulfonamides is 1. The zero-order chi connectivity index (χ0) is 10.3. The van der Waals surface area contributed by atoms with Crippen molar-refractivity contribution in [2.24, 2.45) is 0 Å². The third-order valence-corrected chi connectivity index (χ3v) is 2.74. The highest BCUT2D eigenvalue weighted by atomic mass is 35.5. The first-order valence-electron chi connectivity index (χ1n) is 3.99. The molecule has 6 heteroatoms. The van der Waals surface area contributed by atoms with Crippen LogP contribution in [0.4, 0.5) is 0 Å². The number of nitrogens with one attached hydrogen (secondary N) is 2. The Morgan fingerprint density at radius 1 is 1.54 bits per heavy atom. The molecule has 0 aromatic heterocycles. The molecule has 4 nitrogen and oxygen atoms in total. The minimum absolute atomic E-state index is 0.0605. The van der Waals surface area contributed by atoms with Crippen LogP contribution in [-0.2, 0) is 10.0 Å². The van der Waals surface area contributed by atoms with Gasteiger partial charge in [-0.15, -0.1) is 0 Å². The van der Waals surface area contributed by atoms with E-state index < -0.39 is 10.0 Å². The van der Waals surface area contributed by atoms with Gasteiger partial charge in [0.1, 0.15) is 0 Å². The van der Waals surface area contributed by atoms with E-state index in [0.29, 0.717) is 6.54 Å². The molecule has 78 valence electrons. The lowest BCUT2D eigenvalue weighted by Gasteiger charge is -2.05. The summed E-state index contributed by atoms with van der Waals surface area (Å²) in [7, 11) is -3.21. The summed E-state index contributed by atoms with van der Waals surface area (Å²) >= 11 is 5.41. The van der Waals surface area contributed by atoms with Gasteiger partial charge in [0.05, 0.1) is 5.75 Å². The highest BCUT2D eigenvalue weighted by molar-refractivity contribution is 7.89. The Hall–Kier alpha value is -0.100. The molecule has 2 N–H and O–H groups in total. The van der Waals surface area contributed by atoms with Crippen LogP contribution >= 0.6 is 11.6 Å². The van der Waals surface area contributed by atoms with E-state index in [4.69, 9.17) is 11.6 Å². The first kappa shape index (κ1) is 12.9. The zero-order valence-electron chi connectivity index (χ0n) is 7.64. The molecule has 0 bridgehead atoms. The maximum Gasteiger partial charge on any atom is 0.213 e. The van der Waals surface area contributed by atoms with E-state index in [1.165, 1.54) is 0 Å². The molecule has 0 fully saturated rings. The van der Waals surface area contributed by atoms with E-state index >= 15 is 0 Å². The average molecular weight is 227 g/mol. The molecule has 13 heavy (non-hydrogen) atoms. The van der Waals surface area contributed by atoms with E-state index in [1.54, 1.807) is 0 Å². The summed E-state index contributed by atoms with van der Waals surface area (Å²) in [6.45, 7) is 6.59. The maximum atomic E-state index is 11.2. The van der Waals surface area contributed by atoms with Gasteiger partial charge in [0, 0.05) is 18.1 Å². The Morgan fingerprint density at radius 2 is 2.15 bits per heavy atom. The van der Waals surface area contributed by atoms with Gasteiger partial charge in [0.25, 0.3) is 0 Å². The van der Waals surface area contributed by atoms with E-state index in [-0.39, 0.29) is 17.3 Å². The Bertz CT molecular complexity index is 251. The van der Waals surface area contributed by atoms with Crippen LogP contribution in [0.2, 0.25) is 0 Å². The standard InChI is InChI=1S/C7H15ClN2O2S/c1-3-9-4-5-13(11,12)10-6-7(2)8/h9-10H,2-6H2,1H3. The lowest BCUT2D eigenvalue weighted by atomic mass is 10.7. The van der Waals surface area contributed by atoms with Gasteiger partial charge < -0.3 is 5.32 Å². The first-order chi connectivity index (χ1) is 5.98. The van der Waals surface area contributed by atoms with Crippen molar-refractivity contribution in [3.63, 3.8) is 0 Å². The van der Waals surface area contributed by atoms with Gasteiger partial charge >= 0.3 is 0 Å². The van der Waals surface area contributed by atoms with Crippen molar-refractivity contribution >= 4 is 21.6 Å². The largest absolute Gasteiger partial charge is 0.316 e. The number of halogens is 1. The topological polar surface area (TPSA) is 58.2 Å². The number of rotatable bonds is 7. The van der Waals surface area contributed by atoms with Gasteiger partial charge in [-0.25, -0.2) is 13.1 Å². The van der Waals surface area contributed by atoms with Gasteiger partial charge in [0.15, 0.2) is 0 Å². The van der Waals surface area contributed by atoms with Crippen LogP contribution in [0.25, 0.3) is 0 Å². The highest BCUT2D eigenvalue weighted by Crippen LogP contribution is 1.94. The molecule has 0 rings (SSSR count). The van der Waals surface area contributed by atoms with Gasteiger partial charge in [-0.1, -0.05) is 25.1 Å². The molecule has 0 saturated carbocycles. The molecular formula is C7H15ClN2O2S. The van der Waals surface area contributed by atoms with Crippen LogP contribution in [0.3, 0.4) is 0 Å². The summed E-state index contributed by atoms with van der Waals surface area (Å²) in [5.41, 5.74) is 0. The molecule has 0 aromatic carbocycles. The van der Waals surface area contributed by atoms with Crippen LogP contribution < -0.4 is 10.0 Å². The molecule has 0 unspecified atom stereocenters. The number of hydrogen-bond acceptors (Lipinski definition) is 3. The fraction of sp³-hybridized carbons (Fsp3) is 0.714. The lowest BCUT2D eigenvalue weighted by molar-refractivity contribution is 0.581. The van der Waals surface area contributed by atoms with Gasteiger partial charge in [-0.05, 0) is 6.54 Å². The van der Waals surface area contributed by atoms with E-state index in [2.05, 4.69) is 16.6 Å². The van der Waals surface area contributed by atoms with E-state index in [9.17, 15) is 8.42 Å². The summed E-state index contributed by atoms with van der Waals surface area (Å²) in [6.07, 6.45) is 0. The molecule has 0 saturated heterocycles. The van der Waals surface area contributed by atoms with Gasteiger partial charge in [0.2, 0.25) is 10.0 Å². The molecular weight excluding hydrogens is 212 g/mol. The summed E-state index contributed by atoms with van der Waals surface area (Å²) < 4.78 is 24.6. The van der Waals surface area contributed by atoms with Crippen LogP contribution in [0.15, 0.2) is 11.6 Å². The Kier molecular flexibility index (Phi) is 6.32. The minimum atomic E-state index is -3.21. The summed E-state index contributed by atoms with van der Waals surface area (Å²) in [4.78, 5) is 0. The van der Waals surface area contributed by atoms with Gasteiger partial charge in [-0.2, -0.15) is 0 Å². The Morgan fingerprint density at radius 3 is 2.62 bits per heavy atom. The summed E-state index contributed by atoms with van der Waals surface area (Å²) in [5.74, 6) is 0.0605. The first-order valence-corrected chi connectivity index (χ1v) is 6.02. The minimum Gasteiger partial charge on any atom is -0.316 e. The zero-order valence-corrected chi connectivity index (χ0v) is 9.21. The number of hydrogen-bond donors (Lipinski definition) is 2. The average Bonchev–Trinajstić information content (AvgIpc) is 2.02. The molecule has 0 aliphatic rings. The smallest absolute Gasteiger partial charge is 0.213 e. The normalized spacial score (nSPS) is 11.5. The lowest BCUT2D eigenvalue weighted by Crippen LogP contribution is -2.32. The van der Waals surface area contributed by atoms with Crippen molar-refractivity contribution in [2.45, 2.75) is 6.92 Å². The molecule has 0 aromatic rings. The van der Waals surface area contributed by atoms with E-state index in [1.807, 2.05) is 6.92 Å². The maximum absolute atomic E-state index is 11.2. The van der Waals surface area contributed by atoms with Crippen molar-refractivity contribution in [1.82, 2.24) is 10.0 Å². The Labute approximate surface area is 84.4 Å². The molecule has 0 atom stereocenters.